The van der Waals surface area contributed by atoms with Crippen molar-refractivity contribution in [3.05, 3.63) is 59.7 Å². The molecule has 0 aliphatic heterocycles. The van der Waals surface area contributed by atoms with Crippen molar-refractivity contribution in [2.75, 3.05) is 20.3 Å². The fourth-order valence-corrected chi connectivity index (χ4v) is 2.33. The number of rotatable bonds is 7. The summed E-state index contributed by atoms with van der Waals surface area (Å²) >= 11 is 0. The van der Waals surface area contributed by atoms with Gasteiger partial charge in [0.25, 0.3) is 5.91 Å². The van der Waals surface area contributed by atoms with Crippen molar-refractivity contribution in [2.24, 2.45) is 0 Å². The zero-order valence-electron chi connectivity index (χ0n) is 14.3. The number of benzene rings is 2. The van der Waals surface area contributed by atoms with Crippen molar-refractivity contribution in [1.29, 1.82) is 0 Å². The first-order valence-corrected chi connectivity index (χ1v) is 7.91. The Bertz CT molecular complexity index is 730. The van der Waals surface area contributed by atoms with E-state index in [1.807, 2.05) is 37.3 Å². The molecular weight excluding hydrogens is 322 g/mol. The zero-order valence-corrected chi connectivity index (χ0v) is 14.3. The molecule has 0 aliphatic rings. The summed E-state index contributed by atoms with van der Waals surface area (Å²) in [6.07, 6.45) is 0. The zero-order chi connectivity index (χ0) is 18.2. The van der Waals surface area contributed by atoms with Crippen LogP contribution in [0.1, 0.15) is 22.8 Å². The van der Waals surface area contributed by atoms with Crippen LogP contribution >= 0.6 is 0 Å². The number of hydrogen-bond donors (Lipinski definition) is 1. The van der Waals surface area contributed by atoms with E-state index >= 15 is 0 Å². The van der Waals surface area contributed by atoms with Gasteiger partial charge in [0.1, 0.15) is 5.56 Å². The van der Waals surface area contributed by atoms with E-state index in [-0.39, 0.29) is 23.0 Å². The van der Waals surface area contributed by atoms with E-state index in [1.54, 1.807) is 11.0 Å². The summed E-state index contributed by atoms with van der Waals surface area (Å²) < 4.78 is 10.00. The Labute approximate surface area is 146 Å². The Hall–Kier alpha value is -3.02. The Morgan fingerprint density at radius 2 is 1.80 bits per heavy atom. The summed E-state index contributed by atoms with van der Waals surface area (Å²) in [6.45, 7) is 2.40. The number of phenols is 1. The van der Waals surface area contributed by atoms with E-state index in [9.17, 15) is 14.7 Å². The Morgan fingerprint density at radius 1 is 1.08 bits per heavy atom. The number of carbonyl (C=O) groups excluding carboxylic acids is 2. The smallest absolute Gasteiger partial charge is 0.342 e. The minimum atomic E-state index is -0.777. The van der Waals surface area contributed by atoms with Crippen LogP contribution in [0.4, 0.5) is 0 Å². The number of hydrogen-bond acceptors (Lipinski definition) is 5. The lowest BCUT2D eigenvalue weighted by Gasteiger charge is -2.21. The van der Waals surface area contributed by atoms with Crippen LogP contribution in [0.25, 0.3) is 0 Å². The summed E-state index contributed by atoms with van der Waals surface area (Å²) in [5.41, 5.74) is 0.952. The summed E-state index contributed by atoms with van der Waals surface area (Å²) in [5.74, 6) is -1.22. The molecule has 1 amide bonds. The summed E-state index contributed by atoms with van der Waals surface area (Å²) in [6, 6.07) is 14.1. The second-order valence-electron chi connectivity index (χ2n) is 5.33. The molecule has 0 unspecified atom stereocenters. The van der Waals surface area contributed by atoms with Crippen LogP contribution < -0.4 is 4.74 Å². The highest BCUT2D eigenvalue weighted by atomic mass is 16.5. The average molecular weight is 343 g/mol. The van der Waals surface area contributed by atoms with E-state index in [0.29, 0.717) is 13.1 Å². The van der Waals surface area contributed by atoms with Gasteiger partial charge in [-0.25, -0.2) is 4.79 Å². The number of amides is 1. The van der Waals surface area contributed by atoms with Crippen molar-refractivity contribution >= 4 is 11.9 Å². The number of carbonyl (C=O) groups is 2. The molecule has 0 bridgehead atoms. The van der Waals surface area contributed by atoms with Gasteiger partial charge in [-0.15, -0.1) is 0 Å². The number of esters is 1. The van der Waals surface area contributed by atoms with Gasteiger partial charge in [0.05, 0.1) is 7.11 Å². The third-order valence-corrected chi connectivity index (χ3v) is 3.72. The van der Waals surface area contributed by atoms with Crippen LogP contribution in [0.15, 0.2) is 48.5 Å². The van der Waals surface area contributed by atoms with Crippen LogP contribution in [-0.4, -0.2) is 42.1 Å². The van der Waals surface area contributed by atoms with E-state index in [0.717, 1.165) is 5.56 Å². The molecule has 0 spiro atoms. The lowest BCUT2D eigenvalue weighted by Crippen LogP contribution is -2.34. The molecule has 1 N–H and O–H groups in total. The van der Waals surface area contributed by atoms with Gasteiger partial charge in [-0.05, 0) is 24.6 Å². The molecule has 6 nitrogen and oxygen atoms in total. The molecule has 2 aromatic carbocycles. The number of ether oxygens (including phenoxy) is 2. The fraction of sp³-hybridized carbons (Fsp3) is 0.263. The average Bonchev–Trinajstić information content (AvgIpc) is 2.65. The highest BCUT2D eigenvalue weighted by molar-refractivity contribution is 5.94. The van der Waals surface area contributed by atoms with Crippen molar-refractivity contribution in [1.82, 2.24) is 4.90 Å². The normalized spacial score (nSPS) is 10.2. The quantitative estimate of drug-likeness (QED) is 0.782. The molecule has 0 saturated heterocycles. The molecule has 0 aliphatic carbocycles. The van der Waals surface area contributed by atoms with Crippen LogP contribution in [-0.2, 0) is 16.1 Å². The predicted octanol–water partition coefficient (Wildman–Crippen LogP) is 2.61. The van der Waals surface area contributed by atoms with Gasteiger partial charge in [0.15, 0.2) is 18.1 Å². The summed E-state index contributed by atoms with van der Waals surface area (Å²) in [7, 11) is 1.39. The third-order valence-electron chi connectivity index (χ3n) is 3.72. The van der Waals surface area contributed by atoms with Crippen molar-refractivity contribution in [2.45, 2.75) is 13.5 Å². The molecule has 0 atom stereocenters. The molecule has 132 valence electrons. The molecule has 0 saturated carbocycles. The standard InChI is InChI=1S/C19H21NO5/c1-3-20(12-14-8-5-4-6-9-14)17(21)13-25-19(23)15-10-7-11-16(24-2)18(15)22/h4-11,22H,3,12-13H2,1-2H3. The van der Waals surface area contributed by atoms with Crippen LogP contribution in [0.2, 0.25) is 0 Å². The van der Waals surface area contributed by atoms with Gasteiger partial charge in [-0.1, -0.05) is 36.4 Å². The lowest BCUT2D eigenvalue weighted by molar-refractivity contribution is -0.134. The van der Waals surface area contributed by atoms with Gasteiger partial charge >= 0.3 is 5.97 Å². The minimum Gasteiger partial charge on any atom is -0.504 e. The van der Waals surface area contributed by atoms with Gasteiger partial charge in [-0.2, -0.15) is 0 Å². The first-order chi connectivity index (χ1) is 12.1. The van der Waals surface area contributed by atoms with E-state index in [4.69, 9.17) is 9.47 Å². The highest BCUT2D eigenvalue weighted by Crippen LogP contribution is 2.29. The highest BCUT2D eigenvalue weighted by Gasteiger charge is 2.19. The molecule has 6 heteroatoms. The molecular formula is C19H21NO5. The fourth-order valence-electron chi connectivity index (χ4n) is 2.33. The predicted molar refractivity (Wildman–Crippen MR) is 92.5 cm³/mol. The Kier molecular flexibility index (Phi) is 6.39. The maximum absolute atomic E-state index is 12.3. The van der Waals surface area contributed by atoms with E-state index in [1.165, 1.54) is 19.2 Å². The van der Waals surface area contributed by atoms with E-state index < -0.39 is 12.6 Å². The Morgan fingerprint density at radius 3 is 2.44 bits per heavy atom. The van der Waals surface area contributed by atoms with Gasteiger partial charge in [0, 0.05) is 13.1 Å². The second kappa shape index (κ2) is 8.73. The molecule has 25 heavy (non-hydrogen) atoms. The molecule has 0 aromatic heterocycles. The number of methoxy groups -OCH3 is 1. The third kappa shape index (κ3) is 4.73. The van der Waals surface area contributed by atoms with Gasteiger partial charge in [-0.3, -0.25) is 4.79 Å². The van der Waals surface area contributed by atoms with Crippen LogP contribution in [0.3, 0.4) is 0 Å². The molecule has 0 fully saturated rings. The topological polar surface area (TPSA) is 76.1 Å². The van der Waals surface area contributed by atoms with Gasteiger partial charge < -0.3 is 19.5 Å². The number of aromatic hydroxyl groups is 1. The number of para-hydroxylation sites is 1. The second-order valence-corrected chi connectivity index (χ2v) is 5.33. The lowest BCUT2D eigenvalue weighted by atomic mass is 10.2. The summed E-state index contributed by atoms with van der Waals surface area (Å²) in [4.78, 5) is 26.0. The SMILES string of the molecule is CCN(Cc1ccccc1)C(=O)COC(=O)c1cccc(OC)c1O. The molecule has 2 aromatic rings. The van der Waals surface area contributed by atoms with Crippen LogP contribution in [0, 0.1) is 0 Å². The number of likely N-dealkylation sites (N-methyl/N-ethyl adjacent to an activating group) is 1. The summed E-state index contributed by atoms with van der Waals surface area (Å²) in [5, 5.41) is 9.95. The first-order valence-electron chi connectivity index (χ1n) is 7.91. The number of phenolic OH excluding ortho intramolecular Hbond substituents is 1. The first kappa shape index (κ1) is 18.3. The minimum absolute atomic E-state index is 0.0433. The van der Waals surface area contributed by atoms with E-state index in [2.05, 4.69) is 0 Å². The van der Waals surface area contributed by atoms with Crippen molar-refractivity contribution in [3.8, 4) is 11.5 Å². The molecule has 0 heterocycles. The Balaban J connectivity index is 1.97. The van der Waals surface area contributed by atoms with Crippen LogP contribution in [0.5, 0.6) is 11.5 Å². The van der Waals surface area contributed by atoms with Crippen molar-refractivity contribution < 1.29 is 24.2 Å². The number of nitrogens with zero attached hydrogens (tertiary/aromatic N) is 1. The monoisotopic (exact) mass is 343 g/mol. The maximum Gasteiger partial charge on any atom is 0.342 e. The maximum atomic E-state index is 12.3. The van der Waals surface area contributed by atoms with Gasteiger partial charge in [0.2, 0.25) is 0 Å². The molecule has 0 radical (unpaired) electrons. The molecule has 2 rings (SSSR count). The largest absolute Gasteiger partial charge is 0.504 e. The van der Waals surface area contributed by atoms with Crippen molar-refractivity contribution in [3.63, 3.8) is 0 Å².